The molecule has 1 heterocycles. The van der Waals surface area contributed by atoms with Crippen molar-refractivity contribution in [2.75, 3.05) is 5.32 Å². The second kappa shape index (κ2) is 9.50. The Morgan fingerprint density at radius 2 is 1.86 bits per heavy atom. The zero-order valence-corrected chi connectivity index (χ0v) is 15.6. The SMILES string of the molecule is O=C(/C=C/c1ccc(C(=O)NO)s1)Nc1cccc(OCc2ccccc2)c1. The average molecular weight is 394 g/mol. The standard InChI is InChI=1S/C21H18N2O4S/c24-20(12-10-18-9-11-19(28-18)21(25)23-26)22-16-7-4-8-17(13-16)27-14-15-5-2-1-3-6-15/h1-13,26H,14H2,(H,22,24)(H,23,25)/b12-10+. The van der Waals surface area contributed by atoms with E-state index in [4.69, 9.17) is 9.94 Å². The molecule has 1 aromatic heterocycles. The van der Waals surface area contributed by atoms with Gasteiger partial charge < -0.3 is 10.1 Å². The van der Waals surface area contributed by atoms with E-state index in [9.17, 15) is 9.59 Å². The first kappa shape index (κ1) is 19.3. The Morgan fingerprint density at radius 3 is 2.64 bits per heavy atom. The van der Waals surface area contributed by atoms with Crippen LogP contribution in [0.3, 0.4) is 0 Å². The van der Waals surface area contributed by atoms with Crippen LogP contribution in [0.2, 0.25) is 0 Å². The van der Waals surface area contributed by atoms with E-state index in [0.29, 0.717) is 27.8 Å². The largest absolute Gasteiger partial charge is 0.489 e. The molecular formula is C21H18N2O4S. The van der Waals surface area contributed by atoms with E-state index in [0.717, 1.165) is 16.9 Å². The topological polar surface area (TPSA) is 87.7 Å². The molecule has 0 bridgehead atoms. The Bertz CT molecular complexity index is 983. The number of carbonyl (C=O) groups is 2. The van der Waals surface area contributed by atoms with Crippen LogP contribution >= 0.6 is 11.3 Å². The lowest BCUT2D eigenvalue weighted by Gasteiger charge is -2.08. The molecule has 142 valence electrons. The average Bonchev–Trinajstić information content (AvgIpc) is 3.20. The molecule has 3 N–H and O–H groups in total. The van der Waals surface area contributed by atoms with Gasteiger partial charge in [-0.15, -0.1) is 11.3 Å². The predicted molar refractivity (Wildman–Crippen MR) is 108 cm³/mol. The smallest absolute Gasteiger partial charge is 0.284 e. The first-order valence-corrected chi connectivity index (χ1v) is 9.26. The van der Waals surface area contributed by atoms with E-state index in [1.165, 1.54) is 6.08 Å². The monoisotopic (exact) mass is 394 g/mol. The summed E-state index contributed by atoms with van der Waals surface area (Å²) in [7, 11) is 0. The van der Waals surface area contributed by atoms with Crippen LogP contribution < -0.4 is 15.5 Å². The minimum Gasteiger partial charge on any atom is -0.489 e. The summed E-state index contributed by atoms with van der Waals surface area (Å²) in [5.41, 5.74) is 3.25. The molecule has 3 aromatic rings. The van der Waals surface area contributed by atoms with Crippen LogP contribution in [0.5, 0.6) is 5.75 Å². The molecule has 0 saturated heterocycles. The molecule has 6 nitrogen and oxygen atoms in total. The minimum absolute atomic E-state index is 0.304. The highest BCUT2D eigenvalue weighted by Gasteiger charge is 2.07. The van der Waals surface area contributed by atoms with Gasteiger partial charge in [-0.2, -0.15) is 0 Å². The number of hydroxylamine groups is 1. The quantitative estimate of drug-likeness (QED) is 0.320. The van der Waals surface area contributed by atoms with Crippen molar-refractivity contribution < 1.29 is 19.5 Å². The molecule has 2 amide bonds. The number of rotatable bonds is 7. The highest BCUT2D eigenvalue weighted by atomic mass is 32.1. The molecule has 28 heavy (non-hydrogen) atoms. The molecule has 0 aliphatic carbocycles. The van der Waals surface area contributed by atoms with Crippen molar-refractivity contribution in [2.45, 2.75) is 6.61 Å². The lowest BCUT2D eigenvalue weighted by Crippen LogP contribution is -2.16. The zero-order valence-electron chi connectivity index (χ0n) is 14.8. The molecule has 0 aliphatic rings. The number of hydrogen-bond donors (Lipinski definition) is 3. The number of carbonyl (C=O) groups excluding carboxylic acids is 2. The van der Waals surface area contributed by atoms with Crippen LogP contribution in [0.25, 0.3) is 6.08 Å². The molecule has 0 saturated carbocycles. The Kier molecular flexibility index (Phi) is 6.56. The Balaban J connectivity index is 1.56. The van der Waals surface area contributed by atoms with Gasteiger partial charge in [0.1, 0.15) is 12.4 Å². The molecule has 0 unspecified atom stereocenters. The summed E-state index contributed by atoms with van der Waals surface area (Å²) in [6.45, 7) is 0.445. The Morgan fingerprint density at radius 1 is 1.04 bits per heavy atom. The van der Waals surface area contributed by atoms with Crippen molar-refractivity contribution in [2.24, 2.45) is 0 Å². The van der Waals surface area contributed by atoms with Crippen molar-refractivity contribution >= 4 is 34.9 Å². The van der Waals surface area contributed by atoms with Crippen LogP contribution in [0.4, 0.5) is 5.69 Å². The predicted octanol–water partition coefficient (Wildman–Crippen LogP) is 4.10. The summed E-state index contributed by atoms with van der Waals surface area (Å²) in [4.78, 5) is 24.5. The molecule has 0 aliphatic heterocycles. The first-order valence-electron chi connectivity index (χ1n) is 8.44. The van der Waals surface area contributed by atoms with Gasteiger partial charge >= 0.3 is 0 Å². The summed E-state index contributed by atoms with van der Waals surface area (Å²) in [6.07, 6.45) is 2.98. The fourth-order valence-electron chi connectivity index (χ4n) is 2.37. The normalized spacial score (nSPS) is 10.6. The van der Waals surface area contributed by atoms with E-state index in [1.54, 1.807) is 41.9 Å². The maximum absolute atomic E-state index is 12.1. The highest BCUT2D eigenvalue weighted by molar-refractivity contribution is 7.14. The molecule has 0 atom stereocenters. The highest BCUT2D eigenvalue weighted by Crippen LogP contribution is 2.20. The summed E-state index contributed by atoms with van der Waals surface area (Å²) >= 11 is 1.16. The number of hydrogen-bond acceptors (Lipinski definition) is 5. The van der Waals surface area contributed by atoms with E-state index in [1.807, 2.05) is 36.4 Å². The van der Waals surface area contributed by atoms with Crippen LogP contribution in [0, 0.1) is 0 Å². The summed E-state index contributed by atoms with van der Waals surface area (Å²) in [5, 5.41) is 11.4. The summed E-state index contributed by atoms with van der Waals surface area (Å²) in [6, 6.07) is 20.2. The number of ether oxygens (including phenoxy) is 1. The van der Waals surface area contributed by atoms with Gasteiger partial charge in [0.15, 0.2) is 0 Å². The number of thiophene rings is 1. The van der Waals surface area contributed by atoms with Crippen molar-refractivity contribution in [1.29, 1.82) is 0 Å². The summed E-state index contributed by atoms with van der Waals surface area (Å²) < 4.78 is 5.75. The van der Waals surface area contributed by atoms with Gasteiger partial charge in [-0.1, -0.05) is 36.4 Å². The Hall–Kier alpha value is -3.42. The fourth-order valence-corrected chi connectivity index (χ4v) is 3.17. The fraction of sp³-hybridized carbons (Fsp3) is 0.0476. The van der Waals surface area contributed by atoms with Gasteiger partial charge in [0.25, 0.3) is 5.91 Å². The zero-order chi connectivity index (χ0) is 19.8. The van der Waals surface area contributed by atoms with Gasteiger partial charge in [0.2, 0.25) is 5.91 Å². The van der Waals surface area contributed by atoms with Gasteiger partial charge in [-0.3, -0.25) is 14.8 Å². The van der Waals surface area contributed by atoms with Gasteiger partial charge in [-0.05, 0) is 35.9 Å². The molecule has 0 radical (unpaired) electrons. The van der Waals surface area contributed by atoms with Crippen LogP contribution in [-0.4, -0.2) is 17.0 Å². The second-order valence-corrected chi connectivity index (χ2v) is 6.88. The third-order valence-electron chi connectivity index (χ3n) is 3.70. The number of benzene rings is 2. The van der Waals surface area contributed by atoms with Crippen LogP contribution in [-0.2, 0) is 11.4 Å². The number of amides is 2. The van der Waals surface area contributed by atoms with Gasteiger partial charge in [-0.25, -0.2) is 5.48 Å². The maximum Gasteiger partial charge on any atom is 0.284 e. The first-order chi connectivity index (χ1) is 13.6. The lowest BCUT2D eigenvalue weighted by molar-refractivity contribution is -0.111. The van der Waals surface area contributed by atoms with Crippen molar-refractivity contribution in [3.63, 3.8) is 0 Å². The molecule has 0 fully saturated rings. The third kappa shape index (κ3) is 5.54. The number of nitrogens with one attached hydrogen (secondary N) is 2. The minimum atomic E-state index is -0.582. The summed E-state index contributed by atoms with van der Waals surface area (Å²) in [5.74, 6) is -0.230. The molecule has 0 spiro atoms. The van der Waals surface area contributed by atoms with Crippen molar-refractivity contribution in [1.82, 2.24) is 5.48 Å². The van der Waals surface area contributed by atoms with Crippen molar-refractivity contribution in [3.05, 3.63) is 88.1 Å². The van der Waals surface area contributed by atoms with E-state index >= 15 is 0 Å². The maximum atomic E-state index is 12.1. The molecule has 3 rings (SSSR count). The van der Waals surface area contributed by atoms with Crippen molar-refractivity contribution in [3.8, 4) is 5.75 Å². The third-order valence-corrected chi connectivity index (χ3v) is 4.75. The lowest BCUT2D eigenvalue weighted by atomic mass is 10.2. The van der Waals surface area contributed by atoms with Gasteiger partial charge in [0, 0.05) is 22.7 Å². The van der Waals surface area contributed by atoms with E-state index < -0.39 is 5.91 Å². The van der Waals surface area contributed by atoms with E-state index in [2.05, 4.69) is 5.32 Å². The molecule has 2 aromatic carbocycles. The van der Waals surface area contributed by atoms with E-state index in [-0.39, 0.29) is 5.91 Å². The molecular weight excluding hydrogens is 376 g/mol. The number of anilines is 1. The van der Waals surface area contributed by atoms with Crippen LogP contribution in [0.1, 0.15) is 20.1 Å². The second-order valence-electron chi connectivity index (χ2n) is 5.77. The van der Waals surface area contributed by atoms with Gasteiger partial charge in [0.05, 0.1) is 4.88 Å². The molecule has 7 heteroatoms. The Labute approximate surface area is 166 Å². The van der Waals surface area contributed by atoms with Crippen LogP contribution in [0.15, 0.2) is 72.8 Å².